The molecule has 2 saturated carbocycles. The van der Waals surface area contributed by atoms with Crippen LogP contribution in [0.3, 0.4) is 0 Å². The lowest BCUT2D eigenvalue weighted by atomic mass is 9.83. The maximum Gasteiger partial charge on any atom is 0.0541 e. The number of hydrogen-bond donors (Lipinski definition) is 0. The Bertz CT molecular complexity index is 1920. The zero-order valence-electron chi connectivity index (χ0n) is 28.2. The van der Waals surface area contributed by atoms with Gasteiger partial charge in [-0.05, 0) is 107 Å². The molecule has 5 aromatic carbocycles. The highest BCUT2D eigenvalue weighted by Gasteiger charge is 2.21. The fourth-order valence-electron chi connectivity index (χ4n) is 8.69. The van der Waals surface area contributed by atoms with E-state index in [0.29, 0.717) is 11.8 Å². The van der Waals surface area contributed by atoms with E-state index in [4.69, 9.17) is 0 Å². The highest BCUT2D eigenvalue weighted by Crippen LogP contribution is 2.41. The second-order valence-electron chi connectivity index (χ2n) is 14.2. The van der Waals surface area contributed by atoms with Gasteiger partial charge in [0, 0.05) is 22.4 Å². The molecule has 0 bridgehead atoms. The van der Waals surface area contributed by atoms with Crippen LogP contribution in [-0.4, -0.2) is 4.57 Å². The first-order chi connectivity index (χ1) is 23.8. The van der Waals surface area contributed by atoms with E-state index in [1.807, 2.05) is 6.08 Å². The van der Waals surface area contributed by atoms with Gasteiger partial charge in [0.25, 0.3) is 0 Å². The van der Waals surface area contributed by atoms with Crippen molar-refractivity contribution in [1.82, 2.24) is 4.57 Å². The Labute approximate surface area is 294 Å². The molecule has 0 N–H and O–H groups in total. The summed E-state index contributed by atoms with van der Waals surface area (Å²) in [5, 5.41) is 2.82. The van der Waals surface area contributed by atoms with Gasteiger partial charge in [0.2, 0.25) is 0 Å². The number of benzene rings is 5. The first kappa shape index (κ1) is 32.9. The lowest BCUT2D eigenvalue weighted by molar-refractivity contribution is 0.444. The Morgan fingerprint density at radius 1 is 0.571 bits per heavy atom. The van der Waals surface area contributed by atoms with Crippen molar-refractivity contribution in [1.29, 1.82) is 0 Å². The van der Waals surface area contributed by atoms with Crippen molar-refractivity contribution in [2.75, 3.05) is 0 Å². The molecular weight excluding hydrogens is 591 g/mol. The van der Waals surface area contributed by atoms with Gasteiger partial charge in [-0.1, -0.05) is 150 Å². The summed E-state index contributed by atoms with van der Waals surface area (Å²) in [5.41, 5.74) is 11.8. The summed E-state index contributed by atoms with van der Waals surface area (Å²) in [6, 6.07) is 45.5. The molecule has 1 aromatic heterocycles. The van der Waals surface area contributed by atoms with Crippen molar-refractivity contribution in [2.45, 2.75) is 89.4 Å². The van der Waals surface area contributed by atoms with Crippen molar-refractivity contribution >= 4 is 27.4 Å². The summed E-state index contributed by atoms with van der Waals surface area (Å²) in [6.07, 6.45) is 17.9. The maximum atomic E-state index is 4.25. The molecule has 0 amide bonds. The molecule has 248 valence electrons. The predicted molar refractivity (Wildman–Crippen MR) is 212 cm³/mol. The Morgan fingerprint density at radius 3 is 1.49 bits per heavy atom. The van der Waals surface area contributed by atoms with E-state index in [1.165, 1.54) is 120 Å². The highest BCUT2D eigenvalue weighted by molar-refractivity contribution is 6.09. The van der Waals surface area contributed by atoms with E-state index >= 15 is 0 Å². The van der Waals surface area contributed by atoms with Gasteiger partial charge in [0.1, 0.15) is 0 Å². The number of allylic oxidation sites excluding steroid dienone is 3. The van der Waals surface area contributed by atoms with Gasteiger partial charge in [-0.15, -0.1) is 0 Å². The second-order valence-corrected chi connectivity index (χ2v) is 14.2. The average Bonchev–Trinajstić information content (AvgIpc) is 3.50. The molecule has 49 heavy (non-hydrogen) atoms. The van der Waals surface area contributed by atoms with E-state index in [1.54, 1.807) is 0 Å². The zero-order valence-corrected chi connectivity index (χ0v) is 28.2. The molecule has 1 heterocycles. The van der Waals surface area contributed by atoms with Crippen molar-refractivity contribution in [3.63, 3.8) is 0 Å². The normalized spacial score (nSPS) is 16.2. The van der Waals surface area contributed by atoms with Crippen LogP contribution in [0.15, 0.2) is 140 Å². The molecule has 8 rings (SSSR count). The van der Waals surface area contributed by atoms with Crippen LogP contribution in [0, 0.1) is 0 Å². The predicted octanol–water partition coefficient (Wildman–Crippen LogP) is 13.9. The second kappa shape index (κ2) is 14.9. The fourth-order valence-corrected chi connectivity index (χ4v) is 8.69. The first-order valence-electron chi connectivity index (χ1n) is 18.4. The number of aromatic nitrogens is 1. The van der Waals surface area contributed by atoms with Gasteiger partial charge in [0.05, 0.1) is 11.0 Å². The van der Waals surface area contributed by atoms with E-state index < -0.39 is 0 Å². The Morgan fingerprint density at radius 2 is 1.04 bits per heavy atom. The van der Waals surface area contributed by atoms with Crippen molar-refractivity contribution < 1.29 is 0 Å². The summed E-state index contributed by atoms with van der Waals surface area (Å²) in [7, 11) is 0. The molecular formula is C48H51N. The minimum atomic E-state index is 0. The van der Waals surface area contributed by atoms with E-state index in [9.17, 15) is 0 Å². The smallest absolute Gasteiger partial charge is 0.0541 e. The van der Waals surface area contributed by atoms with Crippen LogP contribution >= 0.6 is 0 Å². The molecule has 6 aromatic rings. The van der Waals surface area contributed by atoms with Gasteiger partial charge < -0.3 is 4.57 Å². The number of nitrogens with zero attached hydrogens (tertiary/aromatic N) is 1. The standard InChI is InChI=1S/C47H47N.CH4/c1-2-34(31-43(38-19-11-5-12-20-38)39-21-13-6-14-22-39)37-23-27-42(28-24-37)48-46-29-25-40(35-15-7-3-8-16-35)32-44(46)45-33-41(26-30-47(45)48)36-17-9-4-10-18-36;/h2,5-6,11-14,19-33,35-36,43H,1,3-4,7-10,15-18H2;1H4/b34-31+;. The lowest BCUT2D eigenvalue weighted by Gasteiger charge is -2.22. The Balaban J connectivity index is 0.00000378. The first-order valence-corrected chi connectivity index (χ1v) is 18.4. The number of hydrogen-bond acceptors (Lipinski definition) is 0. The molecule has 1 nitrogen and oxygen atoms in total. The van der Waals surface area contributed by atoms with E-state index in [0.717, 1.165) is 5.57 Å². The zero-order chi connectivity index (χ0) is 32.3. The molecule has 0 atom stereocenters. The van der Waals surface area contributed by atoms with Crippen LogP contribution in [-0.2, 0) is 0 Å². The summed E-state index contributed by atoms with van der Waals surface area (Å²) in [6.45, 7) is 4.25. The SMILES string of the molecule is C.C=C/C(=C\C(c1ccccc1)c1ccccc1)c1ccc(-n2c3ccc(C4CCCCC4)cc3c3cc(C4CCCCC4)ccc32)cc1. The van der Waals surface area contributed by atoms with Gasteiger partial charge in [-0.25, -0.2) is 0 Å². The fraction of sp³-hybridized carbons (Fsp3) is 0.292. The van der Waals surface area contributed by atoms with Gasteiger partial charge in [-0.2, -0.15) is 0 Å². The summed E-state index contributed by atoms with van der Waals surface area (Å²) >= 11 is 0. The van der Waals surface area contributed by atoms with Crippen LogP contribution in [0.4, 0.5) is 0 Å². The third kappa shape index (κ3) is 6.69. The molecule has 2 aliphatic carbocycles. The summed E-state index contributed by atoms with van der Waals surface area (Å²) < 4.78 is 2.50. The molecule has 0 unspecified atom stereocenters. The maximum absolute atomic E-state index is 4.25. The van der Waals surface area contributed by atoms with Crippen molar-refractivity contribution in [2.24, 2.45) is 0 Å². The molecule has 2 fully saturated rings. The van der Waals surface area contributed by atoms with Crippen molar-refractivity contribution in [3.05, 3.63) is 168 Å². The van der Waals surface area contributed by atoms with E-state index in [2.05, 4.69) is 139 Å². The minimum Gasteiger partial charge on any atom is -0.309 e. The largest absolute Gasteiger partial charge is 0.309 e. The third-order valence-corrected chi connectivity index (χ3v) is 11.3. The van der Waals surface area contributed by atoms with Crippen LogP contribution in [0.25, 0.3) is 33.1 Å². The quantitative estimate of drug-likeness (QED) is 0.146. The lowest BCUT2D eigenvalue weighted by Crippen LogP contribution is -2.04. The summed E-state index contributed by atoms with van der Waals surface area (Å²) in [5.74, 6) is 1.54. The highest BCUT2D eigenvalue weighted by atomic mass is 15.0. The Kier molecular flexibility index (Phi) is 9.99. The van der Waals surface area contributed by atoms with Gasteiger partial charge in [-0.3, -0.25) is 0 Å². The summed E-state index contributed by atoms with van der Waals surface area (Å²) in [4.78, 5) is 0. The van der Waals surface area contributed by atoms with Crippen molar-refractivity contribution in [3.8, 4) is 5.69 Å². The van der Waals surface area contributed by atoms with Crippen LogP contribution in [0.2, 0.25) is 0 Å². The minimum absolute atomic E-state index is 0. The van der Waals surface area contributed by atoms with Gasteiger partial charge >= 0.3 is 0 Å². The van der Waals surface area contributed by atoms with Crippen LogP contribution < -0.4 is 0 Å². The molecule has 2 aliphatic rings. The van der Waals surface area contributed by atoms with E-state index in [-0.39, 0.29) is 13.3 Å². The third-order valence-electron chi connectivity index (χ3n) is 11.3. The molecule has 0 spiro atoms. The van der Waals surface area contributed by atoms with Gasteiger partial charge in [0.15, 0.2) is 0 Å². The monoisotopic (exact) mass is 641 g/mol. The van der Waals surface area contributed by atoms with Crippen LogP contribution in [0.1, 0.15) is 117 Å². The van der Waals surface area contributed by atoms with Crippen LogP contribution in [0.5, 0.6) is 0 Å². The molecule has 0 aliphatic heterocycles. The molecule has 0 saturated heterocycles. The number of rotatable bonds is 8. The number of fused-ring (bicyclic) bond motifs is 3. The average molecular weight is 642 g/mol. The topological polar surface area (TPSA) is 4.93 Å². The molecule has 0 radical (unpaired) electrons. The Hall–Kier alpha value is -4.62. The molecule has 1 heteroatoms.